The van der Waals surface area contributed by atoms with Gasteiger partial charge in [-0.15, -0.1) is 0 Å². The number of piperidine rings is 1. The van der Waals surface area contributed by atoms with E-state index in [-0.39, 0.29) is 0 Å². The number of rotatable bonds is 1. The van der Waals surface area contributed by atoms with Crippen molar-refractivity contribution in [2.75, 3.05) is 0 Å². The van der Waals surface area contributed by atoms with Crippen molar-refractivity contribution < 1.29 is 4.57 Å². The van der Waals surface area contributed by atoms with Gasteiger partial charge < -0.3 is 5.32 Å². The quantitative estimate of drug-likeness (QED) is 0.788. The first kappa shape index (κ1) is 13.8. The number of aromatic nitrogens is 2. The molecule has 3 unspecified atom stereocenters. The summed E-state index contributed by atoms with van der Waals surface area (Å²) in [6.07, 6.45) is 13.8. The molecule has 1 aliphatic heterocycles. The highest BCUT2D eigenvalue weighted by atomic mass is 15.2. The minimum Gasteiger partial charge on any atom is -0.301 e. The second kappa shape index (κ2) is 5.42. The van der Waals surface area contributed by atoms with Crippen LogP contribution in [0.4, 0.5) is 0 Å². The van der Waals surface area contributed by atoms with Gasteiger partial charge in [0.1, 0.15) is 17.4 Å². The van der Waals surface area contributed by atoms with Crippen LogP contribution in [-0.4, -0.2) is 10.6 Å². The number of nitrogens with one attached hydrogen (secondary N) is 1. The second-order valence-electron chi connectivity index (χ2n) is 7.52. The van der Waals surface area contributed by atoms with Crippen LogP contribution >= 0.6 is 0 Å². The van der Waals surface area contributed by atoms with Gasteiger partial charge in [0.2, 0.25) is 0 Å². The summed E-state index contributed by atoms with van der Waals surface area (Å²) in [4.78, 5) is 0. The summed E-state index contributed by atoms with van der Waals surface area (Å²) in [5, 5.41) is 4.02. The van der Waals surface area contributed by atoms with E-state index in [0.29, 0.717) is 6.04 Å². The highest BCUT2D eigenvalue weighted by molar-refractivity contribution is 5.16. The largest absolute Gasteiger partial charge is 0.301 e. The molecule has 1 aromatic rings. The summed E-state index contributed by atoms with van der Waals surface area (Å²) in [6.45, 7) is 0. The Balaban J connectivity index is 1.63. The SMILES string of the molecule is Cn1c2c([n+](C)c1C1CCC3CCCCC3N1)CCCC2. The minimum absolute atomic E-state index is 0.574. The van der Waals surface area contributed by atoms with Gasteiger partial charge in [0.15, 0.2) is 0 Å². The Morgan fingerprint density at radius 3 is 2.67 bits per heavy atom. The topological polar surface area (TPSA) is 20.8 Å². The van der Waals surface area contributed by atoms with Crippen molar-refractivity contribution in [2.24, 2.45) is 20.0 Å². The highest BCUT2D eigenvalue weighted by Crippen LogP contribution is 2.36. The van der Waals surface area contributed by atoms with Crippen molar-refractivity contribution in [3.63, 3.8) is 0 Å². The van der Waals surface area contributed by atoms with E-state index in [9.17, 15) is 0 Å². The molecule has 0 bridgehead atoms. The van der Waals surface area contributed by atoms with Crippen molar-refractivity contribution in [2.45, 2.75) is 76.3 Å². The van der Waals surface area contributed by atoms with Crippen LogP contribution in [-0.2, 0) is 26.9 Å². The molecule has 21 heavy (non-hydrogen) atoms. The van der Waals surface area contributed by atoms with E-state index >= 15 is 0 Å². The summed E-state index contributed by atoms with van der Waals surface area (Å²) in [5.74, 6) is 2.49. The van der Waals surface area contributed by atoms with E-state index in [0.717, 1.165) is 12.0 Å². The van der Waals surface area contributed by atoms with Crippen LogP contribution in [0.25, 0.3) is 0 Å². The smallest absolute Gasteiger partial charge is 0.273 e. The fourth-order valence-corrected chi connectivity index (χ4v) is 5.26. The molecule has 0 radical (unpaired) electrons. The fourth-order valence-electron chi connectivity index (χ4n) is 5.26. The Labute approximate surface area is 128 Å². The van der Waals surface area contributed by atoms with Crippen LogP contribution < -0.4 is 9.88 Å². The monoisotopic (exact) mass is 288 g/mol. The molecule has 0 amide bonds. The zero-order valence-corrected chi connectivity index (χ0v) is 13.7. The molecule has 3 atom stereocenters. The van der Waals surface area contributed by atoms with Gasteiger partial charge in [-0.1, -0.05) is 12.8 Å². The Bertz CT molecular complexity index is 502. The maximum Gasteiger partial charge on any atom is 0.273 e. The third kappa shape index (κ3) is 2.25. The van der Waals surface area contributed by atoms with Crippen LogP contribution in [0, 0.1) is 5.92 Å². The van der Waals surface area contributed by atoms with Crippen LogP contribution in [0.5, 0.6) is 0 Å². The van der Waals surface area contributed by atoms with Gasteiger partial charge in [-0.2, -0.15) is 0 Å². The van der Waals surface area contributed by atoms with E-state index in [2.05, 4.69) is 28.5 Å². The van der Waals surface area contributed by atoms with Crippen molar-refractivity contribution >= 4 is 0 Å². The molecular weight excluding hydrogens is 258 g/mol. The van der Waals surface area contributed by atoms with E-state index < -0.39 is 0 Å². The molecule has 2 fully saturated rings. The lowest BCUT2D eigenvalue weighted by molar-refractivity contribution is -0.688. The maximum atomic E-state index is 4.02. The summed E-state index contributed by atoms with van der Waals surface area (Å²) >= 11 is 0. The first-order valence-corrected chi connectivity index (χ1v) is 9.08. The number of hydrogen-bond donors (Lipinski definition) is 1. The number of hydrogen-bond acceptors (Lipinski definition) is 1. The fraction of sp³-hybridized carbons (Fsp3) is 0.833. The lowest BCUT2D eigenvalue weighted by atomic mass is 9.77. The average molecular weight is 288 g/mol. The van der Waals surface area contributed by atoms with Crippen molar-refractivity contribution in [1.82, 2.24) is 9.88 Å². The van der Waals surface area contributed by atoms with Crippen molar-refractivity contribution in [3.05, 3.63) is 17.2 Å². The predicted molar refractivity (Wildman–Crippen MR) is 84.1 cm³/mol. The molecule has 2 aliphatic carbocycles. The zero-order valence-electron chi connectivity index (χ0n) is 13.7. The van der Waals surface area contributed by atoms with E-state index in [4.69, 9.17) is 0 Å². The molecule has 2 heterocycles. The standard InChI is InChI=1S/C18H30N3/c1-20-16-9-5-6-10-17(16)21(2)18(20)15-12-11-13-7-3-4-8-14(13)19-15/h13-15,19H,3-12H2,1-2H3/q+1. The van der Waals surface area contributed by atoms with Crippen LogP contribution in [0.3, 0.4) is 0 Å². The van der Waals surface area contributed by atoms with E-state index in [1.807, 2.05) is 0 Å². The number of nitrogens with zero attached hydrogens (tertiary/aromatic N) is 2. The van der Waals surface area contributed by atoms with E-state index in [1.165, 1.54) is 70.0 Å². The molecular formula is C18H30N3+. The highest BCUT2D eigenvalue weighted by Gasteiger charge is 2.39. The van der Waals surface area contributed by atoms with E-state index in [1.54, 1.807) is 11.4 Å². The first-order valence-electron chi connectivity index (χ1n) is 9.08. The summed E-state index contributed by atoms with van der Waals surface area (Å²) in [7, 11) is 4.60. The van der Waals surface area contributed by atoms with Gasteiger partial charge >= 0.3 is 0 Å². The molecule has 116 valence electrons. The van der Waals surface area contributed by atoms with Gasteiger partial charge in [0, 0.05) is 18.9 Å². The zero-order chi connectivity index (χ0) is 14.4. The molecule has 1 aromatic heterocycles. The minimum atomic E-state index is 0.574. The molecule has 0 aromatic carbocycles. The molecule has 1 N–H and O–H groups in total. The third-order valence-electron chi connectivity index (χ3n) is 6.37. The van der Waals surface area contributed by atoms with Crippen LogP contribution in [0.15, 0.2) is 0 Å². The average Bonchev–Trinajstić information content (AvgIpc) is 2.79. The Morgan fingerprint density at radius 2 is 1.81 bits per heavy atom. The Hall–Kier alpha value is -0.830. The van der Waals surface area contributed by atoms with Gasteiger partial charge in [0.25, 0.3) is 5.82 Å². The lowest BCUT2D eigenvalue weighted by Gasteiger charge is -2.39. The number of fused-ring (bicyclic) bond motifs is 2. The lowest BCUT2D eigenvalue weighted by Crippen LogP contribution is -2.49. The van der Waals surface area contributed by atoms with Crippen LogP contribution in [0.1, 0.15) is 74.6 Å². The number of imidazole rings is 1. The third-order valence-corrected chi connectivity index (χ3v) is 6.37. The first-order chi connectivity index (χ1) is 10.3. The van der Waals surface area contributed by atoms with Gasteiger partial charge in [0.05, 0.1) is 14.1 Å². The Kier molecular flexibility index (Phi) is 3.56. The maximum absolute atomic E-state index is 4.02. The predicted octanol–water partition coefficient (Wildman–Crippen LogP) is 2.71. The molecule has 3 nitrogen and oxygen atoms in total. The molecule has 0 spiro atoms. The van der Waals surface area contributed by atoms with Gasteiger partial charge in [-0.05, 0) is 44.4 Å². The van der Waals surface area contributed by atoms with Crippen LogP contribution in [0.2, 0.25) is 0 Å². The summed E-state index contributed by atoms with van der Waals surface area (Å²) in [5.41, 5.74) is 3.21. The Morgan fingerprint density at radius 1 is 1.00 bits per heavy atom. The van der Waals surface area contributed by atoms with Crippen molar-refractivity contribution in [1.29, 1.82) is 0 Å². The second-order valence-corrected chi connectivity index (χ2v) is 7.52. The summed E-state index contributed by atoms with van der Waals surface area (Å²) < 4.78 is 5.05. The van der Waals surface area contributed by atoms with Gasteiger partial charge in [-0.3, -0.25) is 0 Å². The molecule has 3 aliphatic rings. The molecule has 1 saturated carbocycles. The normalized spacial score (nSPS) is 32.6. The molecule has 3 heteroatoms. The van der Waals surface area contributed by atoms with Gasteiger partial charge in [-0.25, -0.2) is 9.13 Å². The molecule has 4 rings (SSSR count). The molecule has 1 saturated heterocycles. The summed E-state index contributed by atoms with van der Waals surface area (Å²) in [6, 6.07) is 1.36. The van der Waals surface area contributed by atoms with Crippen molar-refractivity contribution in [3.8, 4) is 0 Å².